The van der Waals surface area contributed by atoms with Crippen molar-refractivity contribution in [1.82, 2.24) is 5.32 Å². The predicted octanol–water partition coefficient (Wildman–Crippen LogP) is 5.81. The molecule has 0 radical (unpaired) electrons. The van der Waals surface area contributed by atoms with E-state index in [9.17, 15) is 9.59 Å². The normalized spacial score (nSPS) is 16.3. The Kier molecular flexibility index (Phi) is 9.13. The number of aryl methyl sites for hydroxylation is 2. The Balaban J connectivity index is 1.56. The lowest BCUT2D eigenvalue weighted by Crippen LogP contribution is -2.52. The summed E-state index contributed by atoms with van der Waals surface area (Å²) in [7, 11) is 0. The van der Waals surface area contributed by atoms with Crippen molar-refractivity contribution in [3.8, 4) is 0 Å². The molecule has 5 nitrogen and oxygen atoms in total. The molecule has 0 aliphatic carbocycles. The van der Waals surface area contributed by atoms with Gasteiger partial charge in [-0.15, -0.1) is 0 Å². The topological polar surface area (TPSA) is 58.6 Å². The highest BCUT2D eigenvalue weighted by Gasteiger charge is 2.33. The van der Waals surface area contributed by atoms with Crippen molar-refractivity contribution in [3.05, 3.63) is 101 Å². The Labute approximate surface area is 220 Å². The Morgan fingerprint density at radius 1 is 0.973 bits per heavy atom. The molecule has 0 spiro atoms. The van der Waals surface area contributed by atoms with Gasteiger partial charge in [-0.3, -0.25) is 14.9 Å². The minimum absolute atomic E-state index is 0.00750. The second kappa shape index (κ2) is 12.7. The van der Waals surface area contributed by atoms with Crippen LogP contribution >= 0.6 is 0 Å². The summed E-state index contributed by atoms with van der Waals surface area (Å²) >= 11 is 0. The minimum atomic E-state index is -0.553. The summed E-state index contributed by atoms with van der Waals surface area (Å²) in [5.74, 6) is 0.148. The highest BCUT2D eigenvalue weighted by Crippen LogP contribution is 2.29. The van der Waals surface area contributed by atoms with Crippen molar-refractivity contribution in [1.29, 1.82) is 0 Å². The molecule has 0 saturated heterocycles. The fraction of sp³-hybridized carbons (Fsp3) is 0.375. The molecule has 0 fully saturated rings. The molecule has 194 valence electrons. The Bertz CT molecular complexity index is 1170. The maximum Gasteiger partial charge on any atom is 0.323 e. The van der Waals surface area contributed by atoms with Crippen LogP contribution in [0.15, 0.2) is 78.9 Å². The third-order valence-electron chi connectivity index (χ3n) is 7.07. The van der Waals surface area contributed by atoms with Crippen LogP contribution in [0.25, 0.3) is 0 Å². The van der Waals surface area contributed by atoms with Crippen molar-refractivity contribution in [2.24, 2.45) is 0 Å². The van der Waals surface area contributed by atoms with Crippen LogP contribution < -0.4 is 10.2 Å². The number of rotatable bonds is 10. The number of hydrogen-bond donors (Lipinski definition) is 1. The number of carbonyl (C=O) groups excluding carboxylic acids is 2. The van der Waals surface area contributed by atoms with Gasteiger partial charge in [0.05, 0.1) is 19.2 Å². The lowest BCUT2D eigenvalue weighted by Gasteiger charge is -2.28. The number of anilines is 1. The lowest BCUT2D eigenvalue weighted by atomic mass is 10.0. The van der Waals surface area contributed by atoms with Gasteiger partial charge in [-0.2, -0.15) is 0 Å². The van der Waals surface area contributed by atoms with E-state index in [1.165, 1.54) is 5.56 Å². The van der Waals surface area contributed by atoms with Gasteiger partial charge < -0.3 is 9.64 Å². The van der Waals surface area contributed by atoms with Crippen molar-refractivity contribution in [2.45, 2.75) is 71.0 Å². The number of amides is 1. The molecule has 37 heavy (non-hydrogen) atoms. The maximum absolute atomic E-state index is 14.0. The number of para-hydroxylation sites is 1. The highest BCUT2D eigenvalue weighted by molar-refractivity contribution is 5.99. The summed E-state index contributed by atoms with van der Waals surface area (Å²) in [5, 5.41) is 3.41. The Morgan fingerprint density at radius 2 is 1.68 bits per heavy atom. The summed E-state index contributed by atoms with van der Waals surface area (Å²) in [6.07, 6.45) is 2.68. The van der Waals surface area contributed by atoms with E-state index < -0.39 is 12.1 Å². The van der Waals surface area contributed by atoms with Crippen LogP contribution in [0.3, 0.4) is 0 Å². The molecular formula is C32H38N2O3. The van der Waals surface area contributed by atoms with Crippen LogP contribution in [0.2, 0.25) is 0 Å². The maximum atomic E-state index is 14.0. The van der Waals surface area contributed by atoms with Gasteiger partial charge in [-0.05, 0) is 66.8 Å². The zero-order valence-electron chi connectivity index (χ0n) is 22.2. The first kappa shape index (κ1) is 26.6. The van der Waals surface area contributed by atoms with E-state index in [1.807, 2.05) is 48.2 Å². The summed E-state index contributed by atoms with van der Waals surface area (Å²) in [4.78, 5) is 28.8. The van der Waals surface area contributed by atoms with E-state index >= 15 is 0 Å². The van der Waals surface area contributed by atoms with E-state index in [2.05, 4.69) is 61.6 Å². The molecule has 1 heterocycles. The van der Waals surface area contributed by atoms with Crippen LogP contribution in [0.5, 0.6) is 0 Å². The summed E-state index contributed by atoms with van der Waals surface area (Å²) < 4.78 is 5.39. The van der Waals surface area contributed by atoms with Crippen molar-refractivity contribution in [2.75, 3.05) is 11.5 Å². The van der Waals surface area contributed by atoms with Gasteiger partial charge in [0.1, 0.15) is 6.04 Å². The van der Waals surface area contributed by atoms with Crippen LogP contribution in [-0.4, -0.2) is 30.6 Å². The highest BCUT2D eigenvalue weighted by atomic mass is 16.5. The fourth-order valence-corrected chi connectivity index (χ4v) is 4.93. The largest absolute Gasteiger partial charge is 0.465 e. The predicted molar refractivity (Wildman–Crippen MR) is 149 cm³/mol. The number of benzene rings is 3. The zero-order chi connectivity index (χ0) is 26.2. The summed E-state index contributed by atoms with van der Waals surface area (Å²) in [6, 6.07) is 25.7. The van der Waals surface area contributed by atoms with Gasteiger partial charge in [-0.25, -0.2) is 0 Å². The first-order chi connectivity index (χ1) is 18.0. The molecule has 1 aliphatic heterocycles. The van der Waals surface area contributed by atoms with Crippen LogP contribution in [0, 0.1) is 0 Å². The molecule has 1 amide bonds. The first-order valence-corrected chi connectivity index (χ1v) is 13.4. The third-order valence-corrected chi connectivity index (χ3v) is 7.07. The van der Waals surface area contributed by atoms with Crippen molar-refractivity contribution >= 4 is 17.6 Å². The number of nitrogens with zero attached hydrogens (tertiary/aromatic N) is 1. The van der Waals surface area contributed by atoms with Crippen molar-refractivity contribution < 1.29 is 14.3 Å². The van der Waals surface area contributed by atoms with Gasteiger partial charge in [0.25, 0.3) is 0 Å². The van der Waals surface area contributed by atoms with E-state index in [-0.39, 0.29) is 11.9 Å². The van der Waals surface area contributed by atoms with Gasteiger partial charge in [0, 0.05) is 5.69 Å². The second-order valence-corrected chi connectivity index (χ2v) is 10.0. The lowest BCUT2D eigenvalue weighted by molar-refractivity contribution is -0.146. The molecule has 4 rings (SSSR count). The molecule has 0 bridgehead atoms. The molecule has 2 atom stereocenters. The van der Waals surface area contributed by atoms with Crippen LogP contribution in [-0.2, 0) is 33.7 Å². The molecule has 1 N–H and O–H groups in total. The van der Waals surface area contributed by atoms with Crippen LogP contribution in [0.1, 0.15) is 61.8 Å². The summed E-state index contributed by atoms with van der Waals surface area (Å²) in [5.41, 5.74) is 5.61. The van der Waals surface area contributed by atoms with E-state index in [1.54, 1.807) is 0 Å². The first-order valence-electron chi connectivity index (χ1n) is 13.4. The number of hydrogen-bond acceptors (Lipinski definition) is 4. The number of nitrogens with one attached hydrogen (secondary N) is 1. The molecule has 3 aromatic carbocycles. The minimum Gasteiger partial charge on any atom is -0.465 e. The van der Waals surface area contributed by atoms with Crippen LogP contribution in [0.4, 0.5) is 5.69 Å². The summed E-state index contributed by atoms with van der Waals surface area (Å²) in [6.45, 7) is 6.96. The average Bonchev–Trinajstić information content (AvgIpc) is 3.04. The quantitative estimate of drug-likeness (QED) is 0.358. The standard InChI is InChI=1S/C32H38N2O3/c1-4-37-32(36)29(20-16-24-10-6-5-7-11-24)33-28-21-19-27-12-8-9-13-30(27)34(31(28)35)22-25-14-17-26(18-15-25)23(2)3/h5-15,17-18,23,28-29,33H,4,16,19-22H2,1-3H3. The fourth-order valence-electron chi connectivity index (χ4n) is 4.93. The number of esters is 1. The zero-order valence-corrected chi connectivity index (χ0v) is 22.2. The number of carbonyl (C=O) groups is 2. The van der Waals surface area contributed by atoms with Gasteiger partial charge in [0.15, 0.2) is 0 Å². The number of fused-ring (bicyclic) bond motifs is 1. The SMILES string of the molecule is CCOC(=O)C(CCc1ccccc1)NC1CCc2ccccc2N(Cc2ccc(C(C)C)cc2)C1=O. The smallest absolute Gasteiger partial charge is 0.323 e. The molecule has 1 aliphatic rings. The van der Waals surface area contributed by atoms with Gasteiger partial charge in [-0.1, -0.05) is 86.6 Å². The van der Waals surface area contributed by atoms with E-state index in [4.69, 9.17) is 4.74 Å². The molecule has 3 aromatic rings. The molecule has 0 saturated carbocycles. The van der Waals surface area contributed by atoms with E-state index in [0.717, 1.165) is 35.2 Å². The van der Waals surface area contributed by atoms with Crippen molar-refractivity contribution in [3.63, 3.8) is 0 Å². The molecule has 5 heteroatoms. The molecule has 0 aromatic heterocycles. The van der Waals surface area contributed by atoms with Gasteiger partial charge >= 0.3 is 5.97 Å². The van der Waals surface area contributed by atoms with Gasteiger partial charge in [0.2, 0.25) is 5.91 Å². The Morgan fingerprint density at radius 3 is 2.38 bits per heavy atom. The Hall–Kier alpha value is -3.44. The molecule has 2 unspecified atom stereocenters. The molecular weight excluding hydrogens is 460 g/mol. The third kappa shape index (κ3) is 6.86. The average molecular weight is 499 g/mol. The number of ether oxygens (including phenoxy) is 1. The monoisotopic (exact) mass is 498 g/mol. The second-order valence-electron chi connectivity index (χ2n) is 10.0. The van der Waals surface area contributed by atoms with E-state index in [0.29, 0.717) is 31.9 Å².